The van der Waals surface area contributed by atoms with Crippen molar-refractivity contribution in [2.24, 2.45) is 0 Å². The molecular formula is C16H20O3. The number of hydrogen-bond donors (Lipinski definition) is 0. The van der Waals surface area contributed by atoms with Crippen molar-refractivity contribution in [2.75, 3.05) is 20.3 Å². The molecule has 3 heteroatoms. The number of rotatable bonds is 7. The lowest BCUT2D eigenvalue weighted by atomic mass is 9.96. The highest BCUT2D eigenvalue weighted by molar-refractivity contribution is 5.28. The Bertz CT molecular complexity index is 455. The molecule has 0 aliphatic carbocycles. The Kier molecular flexibility index (Phi) is 4.43. The van der Waals surface area contributed by atoms with Gasteiger partial charge in [0.05, 0.1) is 25.9 Å². The van der Waals surface area contributed by atoms with Gasteiger partial charge in [0.1, 0.15) is 11.9 Å². The van der Waals surface area contributed by atoms with Crippen LogP contribution in [0.4, 0.5) is 0 Å². The molecule has 2 unspecified atom stereocenters. The van der Waals surface area contributed by atoms with E-state index in [9.17, 15) is 0 Å². The second-order valence-electron chi connectivity index (χ2n) is 4.95. The molecule has 0 spiro atoms. The molecule has 2 atom stereocenters. The van der Waals surface area contributed by atoms with Gasteiger partial charge in [-0.25, -0.2) is 0 Å². The molecule has 1 fully saturated rings. The first kappa shape index (κ1) is 13.9. The lowest BCUT2D eigenvalue weighted by molar-refractivity contribution is -0.00201. The molecule has 1 aliphatic rings. The van der Waals surface area contributed by atoms with Crippen molar-refractivity contribution in [3.8, 4) is 5.75 Å². The maximum absolute atomic E-state index is 5.94. The highest BCUT2D eigenvalue weighted by atomic mass is 16.6. The average Bonchev–Trinajstić information content (AvgIpc) is 3.22. The van der Waals surface area contributed by atoms with Gasteiger partial charge in [0.25, 0.3) is 0 Å². The van der Waals surface area contributed by atoms with Crippen LogP contribution in [0.3, 0.4) is 0 Å². The van der Waals surface area contributed by atoms with Crippen molar-refractivity contribution in [2.45, 2.75) is 25.0 Å². The third kappa shape index (κ3) is 4.25. The zero-order valence-corrected chi connectivity index (χ0v) is 11.5. The predicted octanol–water partition coefficient (Wildman–Crippen LogP) is 2.75. The van der Waals surface area contributed by atoms with Gasteiger partial charge in [-0.15, -0.1) is 5.73 Å². The lowest BCUT2D eigenvalue weighted by Crippen LogP contribution is -2.30. The minimum absolute atomic E-state index is 0.258. The Balaban J connectivity index is 2.02. The van der Waals surface area contributed by atoms with Crippen LogP contribution >= 0.6 is 0 Å². The normalized spacial score (nSPS) is 20.2. The lowest BCUT2D eigenvalue weighted by Gasteiger charge is -2.25. The van der Waals surface area contributed by atoms with Crippen LogP contribution in [0.25, 0.3) is 0 Å². The van der Waals surface area contributed by atoms with E-state index < -0.39 is 5.60 Å². The fourth-order valence-electron chi connectivity index (χ4n) is 1.96. The molecule has 1 aliphatic heterocycles. The van der Waals surface area contributed by atoms with Gasteiger partial charge in [0, 0.05) is 6.42 Å². The van der Waals surface area contributed by atoms with Crippen molar-refractivity contribution >= 4 is 0 Å². The molecule has 1 aromatic rings. The van der Waals surface area contributed by atoms with Crippen molar-refractivity contribution in [3.63, 3.8) is 0 Å². The van der Waals surface area contributed by atoms with Gasteiger partial charge in [-0.2, -0.15) is 0 Å². The summed E-state index contributed by atoms with van der Waals surface area (Å²) in [6.07, 6.45) is 2.90. The van der Waals surface area contributed by atoms with Gasteiger partial charge in [0.2, 0.25) is 0 Å². The van der Waals surface area contributed by atoms with E-state index in [1.54, 1.807) is 7.11 Å². The fraction of sp³-hybridized carbons (Fsp3) is 0.438. The van der Waals surface area contributed by atoms with Crippen molar-refractivity contribution in [1.82, 2.24) is 0 Å². The maximum Gasteiger partial charge on any atom is 0.118 e. The molecule has 2 rings (SSSR count). The third-order valence-corrected chi connectivity index (χ3v) is 3.12. The van der Waals surface area contributed by atoms with Gasteiger partial charge < -0.3 is 14.2 Å². The monoisotopic (exact) mass is 260 g/mol. The summed E-state index contributed by atoms with van der Waals surface area (Å²) in [5, 5.41) is 0. The maximum atomic E-state index is 5.94. The van der Waals surface area contributed by atoms with E-state index in [1.807, 2.05) is 37.3 Å². The third-order valence-electron chi connectivity index (χ3n) is 3.12. The minimum atomic E-state index is -0.401. The topological polar surface area (TPSA) is 31.0 Å². The molecule has 19 heavy (non-hydrogen) atoms. The number of hydrogen-bond acceptors (Lipinski definition) is 3. The average molecular weight is 260 g/mol. The fourth-order valence-corrected chi connectivity index (χ4v) is 1.96. The summed E-state index contributed by atoms with van der Waals surface area (Å²) in [6, 6.07) is 8.00. The summed E-state index contributed by atoms with van der Waals surface area (Å²) in [5.41, 5.74) is 3.62. The van der Waals surface area contributed by atoms with Gasteiger partial charge >= 0.3 is 0 Å². The summed E-state index contributed by atoms with van der Waals surface area (Å²) in [4.78, 5) is 0. The second kappa shape index (κ2) is 6.07. The first-order valence-electron chi connectivity index (χ1n) is 6.41. The summed E-state index contributed by atoms with van der Waals surface area (Å²) in [6.45, 7) is 7.10. The first-order valence-corrected chi connectivity index (χ1v) is 6.41. The van der Waals surface area contributed by atoms with Gasteiger partial charge in [-0.05, 0) is 30.7 Å². The SMILES string of the molecule is C=C=CC(C)(Cc1ccc(OC)cc1)OCC1CO1. The number of methoxy groups -OCH3 is 1. The molecule has 1 heterocycles. The molecule has 0 amide bonds. The van der Waals surface area contributed by atoms with Crippen LogP contribution in [0.5, 0.6) is 5.75 Å². The minimum Gasteiger partial charge on any atom is -0.497 e. The van der Waals surface area contributed by atoms with Crippen molar-refractivity contribution < 1.29 is 14.2 Å². The van der Waals surface area contributed by atoms with Crippen LogP contribution in [0.2, 0.25) is 0 Å². The molecule has 0 saturated carbocycles. The number of epoxide rings is 1. The molecule has 1 aromatic carbocycles. The Morgan fingerprint density at radius 3 is 2.68 bits per heavy atom. The molecule has 0 bridgehead atoms. The number of ether oxygens (including phenoxy) is 3. The molecule has 0 N–H and O–H groups in total. The van der Waals surface area contributed by atoms with E-state index in [1.165, 1.54) is 5.56 Å². The summed E-state index contributed by atoms with van der Waals surface area (Å²) in [5.74, 6) is 0.858. The van der Waals surface area contributed by atoms with Crippen molar-refractivity contribution in [1.29, 1.82) is 0 Å². The van der Waals surface area contributed by atoms with Crippen molar-refractivity contribution in [3.05, 3.63) is 48.2 Å². The highest BCUT2D eigenvalue weighted by Gasteiger charge is 2.29. The van der Waals surface area contributed by atoms with E-state index in [-0.39, 0.29) is 6.10 Å². The van der Waals surface area contributed by atoms with E-state index >= 15 is 0 Å². The summed E-state index contributed by atoms with van der Waals surface area (Å²) >= 11 is 0. The van der Waals surface area contributed by atoms with Gasteiger partial charge in [-0.1, -0.05) is 18.7 Å². The summed E-state index contributed by atoms with van der Waals surface area (Å²) in [7, 11) is 1.67. The zero-order chi connectivity index (χ0) is 13.7. The molecule has 102 valence electrons. The Morgan fingerprint density at radius 1 is 1.47 bits per heavy atom. The standard InChI is InChI=1S/C16H20O3/c1-4-9-16(2,19-12-15-11-18-15)10-13-5-7-14(17-3)8-6-13/h5-9,15H,1,10-12H2,2-3H3. The zero-order valence-electron chi connectivity index (χ0n) is 11.5. The molecule has 0 aromatic heterocycles. The largest absolute Gasteiger partial charge is 0.497 e. The first-order chi connectivity index (χ1) is 9.15. The van der Waals surface area contributed by atoms with Crippen LogP contribution in [0.1, 0.15) is 12.5 Å². The smallest absolute Gasteiger partial charge is 0.118 e. The van der Waals surface area contributed by atoms with Crippen LogP contribution in [0.15, 0.2) is 42.7 Å². The highest BCUT2D eigenvalue weighted by Crippen LogP contribution is 2.23. The molecule has 3 nitrogen and oxygen atoms in total. The molecule has 1 saturated heterocycles. The van der Waals surface area contributed by atoms with Gasteiger partial charge in [-0.3, -0.25) is 0 Å². The second-order valence-corrected chi connectivity index (χ2v) is 4.95. The van der Waals surface area contributed by atoms with Crippen LogP contribution in [-0.4, -0.2) is 32.0 Å². The Hall–Kier alpha value is -1.54. The predicted molar refractivity (Wildman–Crippen MR) is 74.5 cm³/mol. The summed E-state index contributed by atoms with van der Waals surface area (Å²) < 4.78 is 16.3. The van der Waals surface area contributed by atoms with Crippen LogP contribution < -0.4 is 4.74 Å². The van der Waals surface area contributed by atoms with E-state index in [0.717, 1.165) is 18.8 Å². The number of benzene rings is 1. The Labute approximate surface area is 114 Å². The van der Waals surface area contributed by atoms with Gasteiger partial charge in [0.15, 0.2) is 0 Å². The quantitative estimate of drug-likeness (QED) is 0.558. The van der Waals surface area contributed by atoms with E-state index in [4.69, 9.17) is 14.2 Å². The Morgan fingerprint density at radius 2 is 2.16 bits per heavy atom. The van der Waals surface area contributed by atoms with Crippen LogP contribution in [0, 0.1) is 0 Å². The molecular weight excluding hydrogens is 240 g/mol. The van der Waals surface area contributed by atoms with Crippen LogP contribution in [-0.2, 0) is 15.9 Å². The van der Waals surface area contributed by atoms with E-state index in [2.05, 4.69) is 12.3 Å². The van der Waals surface area contributed by atoms with E-state index in [0.29, 0.717) is 6.61 Å². The molecule has 0 radical (unpaired) electrons.